The van der Waals surface area contributed by atoms with Gasteiger partial charge in [0.1, 0.15) is 0 Å². The van der Waals surface area contributed by atoms with Crippen molar-refractivity contribution in [2.75, 3.05) is 13.1 Å². The number of halogens is 1. The molecule has 1 aromatic heterocycles. The van der Waals surface area contributed by atoms with E-state index in [1.165, 1.54) is 0 Å². The predicted octanol–water partition coefficient (Wildman–Crippen LogP) is 1.74. The number of hydrogen-bond acceptors (Lipinski definition) is 3. The van der Waals surface area contributed by atoms with Crippen molar-refractivity contribution in [1.82, 2.24) is 20.4 Å². The molecule has 112 valence electrons. The van der Waals surface area contributed by atoms with Crippen LogP contribution in [0.2, 0.25) is 0 Å². The number of aromatic amines is 1. The van der Waals surface area contributed by atoms with Crippen molar-refractivity contribution in [2.45, 2.75) is 45.7 Å². The third-order valence-corrected chi connectivity index (χ3v) is 3.82. The molecule has 0 aromatic carbocycles. The minimum atomic E-state index is 0. The Bertz CT molecular complexity index is 482. The fourth-order valence-electron chi connectivity index (χ4n) is 2.72. The zero-order chi connectivity index (χ0) is 13.4. The summed E-state index contributed by atoms with van der Waals surface area (Å²) in [7, 11) is 0. The summed E-state index contributed by atoms with van der Waals surface area (Å²) in [4.78, 5) is 14.7. The summed E-state index contributed by atoms with van der Waals surface area (Å²) in [5.41, 5.74) is 2.84. The van der Waals surface area contributed by atoms with Gasteiger partial charge in [-0.3, -0.25) is 9.89 Å². The molecule has 5 nitrogen and oxygen atoms in total. The van der Waals surface area contributed by atoms with E-state index in [1.54, 1.807) is 0 Å². The summed E-state index contributed by atoms with van der Waals surface area (Å²) in [6.45, 7) is 6.86. The maximum Gasteiger partial charge on any atom is 0.274 e. The number of nitrogens with zero attached hydrogens (tertiary/aromatic N) is 2. The molecule has 0 atom stereocenters. The smallest absolute Gasteiger partial charge is 0.274 e. The van der Waals surface area contributed by atoms with Gasteiger partial charge in [0.2, 0.25) is 0 Å². The SMILES string of the molecule is CC(C)CN(C(=O)c1n[nH]c2c1CNCC2)C1CC1.Cl. The molecule has 0 bridgehead atoms. The molecule has 1 fully saturated rings. The molecular formula is C14H23ClN4O. The lowest BCUT2D eigenvalue weighted by atomic mass is 10.1. The average Bonchev–Trinajstić information content (AvgIpc) is 3.14. The van der Waals surface area contributed by atoms with E-state index in [4.69, 9.17) is 0 Å². The molecule has 3 rings (SSSR count). The summed E-state index contributed by atoms with van der Waals surface area (Å²) in [5.74, 6) is 0.606. The van der Waals surface area contributed by atoms with Gasteiger partial charge >= 0.3 is 0 Å². The minimum absolute atomic E-state index is 0. The number of amides is 1. The molecule has 6 heteroatoms. The Kier molecular flexibility index (Phi) is 4.70. The monoisotopic (exact) mass is 298 g/mol. The van der Waals surface area contributed by atoms with E-state index in [1.807, 2.05) is 4.90 Å². The number of hydrogen-bond donors (Lipinski definition) is 2. The molecule has 1 saturated carbocycles. The van der Waals surface area contributed by atoms with Crippen LogP contribution in [-0.2, 0) is 13.0 Å². The Hall–Kier alpha value is -1.07. The van der Waals surface area contributed by atoms with Crippen molar-refractivity contribution in [3.05, 3.63) is 17.0 Å². The Morgan fingerprint density at radius 3 is 2.85 bits per heavy atom. The second-order valence-electron chi connectivity index (χ2n) is 6.04. The highest BCUT2D eigenvalue weighted by atomic mass is 35.5. The molecule has 0 spiro atoms. The molecule has 1 aliphatic carbocycles. The van der Waals surface area contributed by atoms with Crippen molar-refractivity contribution in [3.8, 4) is 0 Å². The van der Waals surface area contributed by atoms with Gasteiger partial charge < -0.3 is 10.2 Å². The molecule has 1 aromatic rings. The van der Waals surface area contributed by atoms with Crippen molar-refractivity contribution >= 4 is 18.3 Å². The normalized spacial score (nSPS) is 17.6. The quantitative estimate of drug-likeness (QED) is 0.890. The minimum Gasteiger partial charge on any atom is -0.334 e. The molecular weight excluding hydrogens is 276 g/mol. The lowest BCUT2D eigenvalue weighted by Gasteiger charge is -2.24. The standard InChI is InChI=1S/C14H22N4O.ClH/c1-9(2)8-18(10-3-4-10)14(19)13-11-7-15-6-5-12(11)16-17-13;/h9-10,15H,3-8H2,1-2H3,(H,16,17);1H. The zero-order valence-corrected chi connectivity index (χ0v) is 12.9. The Morgan fingerprint density at radius 1 is 1.45 bits per heavy atom. The summed E-state index contributed by atoms with van der Waals surface area (Å²) in [5, 5.41) is 10.6. The zero-order valence-electron chi connectivity index (χ0n) is 12.1. The van der Waals surface area contributed by atoms with E-state index in [0.29, 0.717) is 17.7 Å². The molecule has 1 amide bonds. The van der Waals surface area contributed by atoms with Crippen molar-refractivity contribution < 1.29 is 4.79 Å². The van der Waals surface area contributed by atoms with Crippen LogP contribution >= 0.6 is 12.4 Å². The van der Waals surface area contributed by atoms with E-state index < -0.39 is 0 Å². The van der Waals surface area contributed by atoms with E-state index in [-0.39, 0.29) is 18.3 Å². The third-order valence-electron chi connectivity index (χ3n) is 3.82. The fourth-order valence-corrected chi connectivity index (χ4v) is 2.72. The first-order valence-electron chi connectivity index (χ1n) is 7.24. The van der Waals surface area contributed by atoms with Crippen molar-refractivity contribution in [1.29, 1.82) is 0 Å². The van der Waals surface area contributed by atoms with Crippen LogP contribution in [-0.4, -0.2) is 40.1 Å². The summed E-state index contributed by atoms with van der Waals surface area (Å²) in [6, 6.07) is 0.443. The van der Waals surface area contributed by atoms with E-state index >= 15 is 0 Å². The number of fused-ring (bicyclic) bond motifs is 1. The van der Waals surface area contributed by atoms with Gasteiger partial charge in [-0.1, -0.05) is 13.8 Å². The maximum atomic E-state index is 12.7. The van der Waals surface area contributed by atoms with E-state index in [9.17, 15) is 4.79 Å². The predicted molar refractivity (Wildman–Crippen MR) is 80.1 cm³/mol. The second-order valence-corrected chi connectivity index (χ2v) is 6.04. The van der Waals surface area contributed by atoms with Crippen LogP contribution < -0.4 is 5.32 Å². The van der Waals surface area contributed by atoms with Gasteiger partial charge in [0.05, 0.1) is 0 Å². The molecule has 2 N–H and O–H groups in total. The van der Waals surface area contributed by atoms with Crippen LogP contribution in [0.15, 0.2) is 0 Å². The lowest BCUT2D eigenvalue weighted by Crippen LogP contribution is -2.37. The van der Waals surface area contributed by atoms with Crippen LogP contribution in [0.5, 0.6) is 0 Å². The molecule has 0 radical (unpaired) electrons. The highest BCUT2D eigenvalue weighted by Gasteiger charge is 2.35. The molecule has 2 aliphatic rings. The Labute approximate surface area is 125 Å². The van der Waals surface area contributed by atoms with Gasteiger partial charge in [-0.25, -0.2) is 0 Å². The van der Waals surface area contributed by atoms with Crippen LogP contribution in [0.25, 0.3) is 0 Å². The molecule has 1 aliphatic heterocycles. The lowest BCUT2D eigenvalue weighted by molar-refractivity contribution is 0.0715. The number of carbonyl (C=O) groups excluding carboxylic acids is 1. The van der Waals surface area contributed by atoms with Gasteiger partial charge in [-0.05, 0) is 18.8 Å². The number of rotatable bonds is 4. The first-order chi connectivity index (χ1) is 9.16. The molecule has 0 saturated heterocycles. The summed E-state index contributed by atoms with van der Waals surface area (Å²) < 4.78 is 0. The number of carbonyl (C=O) groups is 1. The number of aromatic nitrogens is 2. The van der Waals surface area contributed by atoms with Crippen molar-refractivity contribution in [3.63, 3.8) is 0 Å². The molecule has 20 heavy (non-hydrogen) atoms. The first kappa shape index (κ1) is 15.3. The largest absolute Gasteiger partial charge is 0.334 e. The van der Waals surface area contributed by atoms with Crippen LogP contribution in [0.4, 0.5) is 0 Å². The number of H-pyrrole nitrogens is 1. The Morgan fingerprint density at radius 2 is 2.20 bits per heavy atom. The molecule has 2 heterocycles. The molecule has 0 unspecified atom stereocenters. The fraction of sp³-hybridized carbons (Fsp3) is 0.714. The van der Waals surface area contributed by atoms with Gasteiger partial charge in [-0.2, -0.15) is 5.10 Å². The Balaban J connectivity index is 0.00000147. The van der Waals surface area contributed by atoms with Gasteiger partial charge in [0.15, 0.2) is 5.69 Å². The third kappa shape index (κ3) is 2.99. The van der Waals surface area contributed by atoms with Gasteiger partial charge in [-0.15, -0.1) is 12.4 Å². The van der Waals surface area contributed by atoms with E-state index in [2.05, 4.69) is 29.4 Å². The van der Waals surface area contributed by atoms with E-state index in [0.717, 1.165) is 50.2 Å². The van der Waals surface area contributed by atoms with Crippen LogP contribution in [0, 0.1) is 5.92 Å². The maximum absolute atomic E-state index is 12.7. The first-order valence-corrected chi connectivity index (χ1v) is 7.24. The summed E-state index contributed by atoms with van der Waals surface area (Å²) in [6.07, 6.45) is 3.22. The van der Waals surface area contributed by atoms with Gasteiger partial charge in [0.25, 0.3) is 5.91 Å². The highest BCUT2D eigenvalue weighted by molar-refractivity contribution is 5.94. The van der Waals surface area contributed by atoms with Crippen LogP contribution in [0.1, 0.15) is 48.4 Å². The second kappa shape index (κ2) is 6.14. The van der Waals surface area contributed by atoms with Crippen LogP contribution in [0.3, 0.4) is 0 Å². The highest BCUT2D eigenvalue weighted by Crippen LogP contribution is 2.29. The topological polar surface area (TPSA) is 61.0 Å². The average molecular weight is 299 g/mol. The summed E-state index contributed by atoms with van der Waals surface area (Å²) >= 11 is 0. The number of nitrogens with one attached hydrogen (secondary N) is 2. The van der Waals surface area contributed by atoms with Crippen molar-refractivity contribution in [2.24, 2.45) is 5.92 Å². The van der Waals surface area contributed by atoms with Gasteiger partial charge in [0, 0.05) is 43.4 Å².